The average molecular weight is 229 g/mol. The first-order chi connectivity index (χ1) is 8.16. The lowest BCUT2D eigenvalue weighted by Crippen LogP contribution is -1.99. The van der Waals surface area contributed by atoms with Crippen LogP contribution in [0.1, 0.15) is 5.69 Å². The van der Waals surface area contributed by atoms with Crippen molar-refractivity contribution in [2.45, 2.75) is 6.92 Å². The molecule has 0 spiro atoms. The second-order valence-corrected chi connectivity index (χ2v) is 3.85. The normalized spacial score (nSPS) is 11.2. The summed E-state index contributed by atoms with van der Waals surface area (Å²) in [5.74, 6) is 0.655. The summed E-state index contributed by atoms with van der Waals surface area (Å²) >= 11 is 0. The van der Waals surface area contributed by atoms with Gasteiger partial charge in [-0.25, -0.2) is 9.67 Å². The van der Waals surface area contributed by atoms with Crippen LogP contribution in [0.3, 0.4) is 0 Å². The van der Waals surface area contributed by atoms with E-state index in [1.807, 2.05) is 14.0 Å². The van der Waals surface area contributed by atoms with E-state index in [4.69, 9.17) is 5.73 Å². The third kappa shape index (κ3) is 1.36. The zero-order chi connectivity index (χ0) is 12.0. The molecule has 0 unspecified atom stereocenters. The number of fused-ring (bicyclic) bond motifs is 1. The van der Waals surface area contributed by atoms with Gasteiger partial charge in [0.05, 0.1) is 17.3 Å². The molecule has 3 aromatic heterocycles. The Morgan fingerprint density at radius 3 is 2.82 bits per heavy atom. The summed E-state index contributed by atoms with van der Waals surface area (Å²) in [6.07, 6.45) is 3.43. The van der Waals surface area contributed by atoms with Gasteiger partial charge in [0, 0.05) is 18.9 Å². The van der Waals surface area contributed by atoms with E-state index in [1.54, 1.807) is 27.8 Å². The van der Waals surface area contributed by atoms with Gasteiger partial charge >= 0.3 is 0 Å². The minimum Gasteiger partial charge on any atom is -0.398 e. The smallest absolute Gasteiger partial charge is 0.195 e. The predicted octanol–water partition coefficient (Wildman–Crippen LogP) is 0.440. The molecule has 17 heavy (non-hydrogen) atoms. The molecule has 2 N–H and O–H groups in total. The molecule has 0 aliphatic heterocycles. The van der Waals surface area contributed by atoms with Gasteiger partial charge in [0.1, 0.15) is 0 Å². The maximum Gasteiger partial charge on any atom is 0.195 e. The van der Waals surface area contributed by atoms with E-state index < -0.39 is 0 Å². The second kappa shape index (κ2) is 3.27. The topological polar surface area (TPSA) is 87.4 Å². The molecule has 0 amide bonds. The van der Waals surface area contributed by atoms with E-state index in [9.17, 15) is 0 Å². The Bertz CT molecular complexity index is 694. The van der Waals surface area contributed by atoms with Crippen molar-refractivity contribution >= 4 is 16.7 Å². The van der Waals surface area contributed by atoms with E-state index in [1.165, 1.54) is 0 Å². The van der Waals surface area contributed by atoms with Gasteiger partial charge in [0.25, 0.3) is 0 Å². The Morgan fingerprint density at radius 2 is 2.18 bits per heavy atom. The number of nitrogens with zero attached hydrogens (tertiary/aromatic N) is 6. The highest BCUT2D eigenvalue weighted by atomic mass is 15.5. The van der Waals surface area contributed by atoms with Crippen molar-refractivity contribution in [1.82, 2.24) is 29.8 Å². The van der Waals surface area contributed by atoms with Crippen LogP contribution in [0.5, 0.6) is 0 Å². The SMILES string of the molecule is Cc1c2c(N)ccnc2nn1-c1cn(C)nn1. The fourth-order valence-corrected chi connectivity index (χ4v) is 1.84. The van der Waals surface area contributed by atoms with Crippen molar-refractivity contribution < 1.29 is 0 Å². The van der Waals surface area contributed by atoms with Gasteiger partial charge in [-0.2, -0.15) is 0 Å². The van der Waals surface area contributed by atoms with Gasteiger partial charge in [-0.1, -0.05) is 5.21 Å². The summed E-state index contributed by atoms with van der Waals surface area (Å²) in [5, 5.41) is 13.1. The number of hydrogen-bond acceptors (Lipinski definition) is 5. The third-order valence-corrected chi connectivity index (χ3v) is 2.64. The molecule has 7 heteroatoms. The van der Waals surface area contributed by atoms with E-state index in [2.05, 4.69) is 20.4 Å². The van der Waals surface area contributed by atoms with Crippen LogP contribution in [-0.4, -0.2) is 29.8 Å². The molecule has 3 rings (SSSR count). The number of aromatic nitrogens is 6. The van der Waals surface area contributed by atoms with Crippen LogP contribution in [-0.2, 0) is 7.05 Å². The Kier molecular flexibility index (Phi) is 1.88. The fraction of sp³-hybridized carbons (Fsp3) is 0.200. The van der Waals surface area contributed by atoms with Crippen LogP contribution in [0.25, 0.3) is 16.9 Å². The van der Waals surface area contributed by atoms with Crippen LogP contribution < -0.4 is 5.73 Å². The number of nitrogen functional groups attached to an aromatic ring is 1. The number of hydrogen-bond donors (Lipinski definition) is 1. The molecule has 0 radical (unpaired) electrons. The molecule has 0 saturated heterocycles. The monoisotopic (exact) mass is 229 g/mol. The molecule has 0 aromatic carbocycles. The van der Waals surface area contributed by atoms with Crippen LogP contribution in [0, 0.1) is 6.92 Å². The van der Waals surface area contributed by atoms with Crippen molar-refractivity contribution in [3.63, 3.8) is 0 Å². The third-order valence-electron chi connectivity index (χ3n) is 2.64. The summed E-state index contributed by atoms with van der Waals surface area (Å²) in [7, 11) is 1.81. The van der Waals surface area contributed by atoms with Crippen LogP contribution >= 0.6 is 0 Å². The maximum atomic E-state index is 5.92. The van der Waals surface area contributed by atoms with Crippen molar-refractivity contribution in [2.24, 2.45) is 7.05 Å². The second-order valence-electron chi connectivity index (χ2n) is 3.85. The summed E-state index contributed by atoms with van der Waals surface area (Å²) in [6.45, 7) is 1.93. The zero-order valence-corrected chi connectivity index (χ0v) is 9.49. The van der Waals surface area contributed by atoms with E-state index in [-0.39, 0.29) is 0 Å². The molecule has 0 saturated carbocycles. The van der Waals surface area contributed by atoms with Gasteiger partial charge in [0.2, 0.25) is 0 Å². The summed E-state index contributed by atoms with van der Waals surface area (Å²) in [4.78, 5) is 4.19. The Balaban J connectivity index is 2.32. The highest BCUT2D eigenvalue weighted by Gasteiger charge is 2.13. The van der Waals surface area contributed by atoms with Crippen molar-refractivity contribution in [2.75, 3.05) is 5.73 Å². The molecular formula is C10H11N7. The summed E-state index contributed by atoms with van der Waals surface area (Å²) in [6, 6.07) is 1.76. The van der Waals surface area contributed by atoms with E-state index in [0.717, 1.165) is 11.1 Å². The van der Waals surface area contributed by atoms with E-state index >= 15 is 0 Å². The first-order valence-electron chi connectivity index (χ1n) is 5.13. The lowest BCUT2D eigenvalue weighted by molar-refractivity contribution is 0.712. The summed E-state index contributed by atoms with van der Waals surface area (Å²) in [5.41, 5.74) is 8.12. The molecule has 3 heterocycles. The van der Waals surface area contributed by atoms with Gasteiger partial charge in [0.15, 0.2) is 11.5 Å². The highest BCUT2D eigenvalue weighted by Crippen LogP contribution is 2.23. The lowest BCUT2D eigenvalue weighted by Gasteiger charge is -1.97. The van der Waals surface area contributed by atoms with Gasteiger partial charge < -0.3 is 5.73 Å². The minimum absolute atomic E-state index is 0.619. The van der Waals surface area contributed by atoms with Crippen LogP contribution in [0.4, 0.5) is 5.69 Å². The standard InChI is InChI=1S/C10H11N7/c1-6-9-7(11)3-4-12-10(9)14-17(6)8-5-16(2)15-13-8/h3-5H,11H2,1-2H3. The van der Waals surface area contributed by atoms with Gasteiger partial charge in [-0.15, -0.1) is 10.2 Å². The fourth-order valence-electron chi connectivity index (χ4n) is 1.84. The average Bonchev–Trinajstić information content (AvgIpc) is 2.84. The minimum atomic E-state index is 0.619. The quantitative estimate of drug-likeness (QED) is 0.654. The van der Waals surface area contributed by atoms with Crippen LogP contribution in [0.2, 0.25) is 0 Å². The Hall–Kier alpha value is -2.44. The number of anilines is 1. The van der Waals surface area contributed by atoms with Gasteiger partial charge in [-0.05, 0) is 13.0 Å². The first-order valence-corrected chi connectivity index (χ1v) is 5.13. The molecule has 0 atom stereocenters. The predicted molar refractivity (Wildman–Crippen MR) is 62.6 cm³/mol. The number of aryl methyl sites for hydroxylation is 2. The molecule has 7 nitrogen and oxygen atoms in total. The van der Waals surface area contributed by atoms with Crippen molar-refractivity contribution in [1.29, 1.82) is 0 Å². The molecule has 0 aliphatic carbocycles. The molecule has 0 bridgehead atoms. The number of nitrogens with two attached hydrogens (primary N) is 1. The summed E-state index contributed by atoms with van der Waals surface area (Å²) < 4.78 is 3.32. The molecular weight excluding hydrogens is 218 g/mol. The molecule has 3 aromatic rings. The van der Waals surface area contributed by atoms with Gasteiger partial charge in [-0.3, -0.25) is 4.68 Å². The zero-order valence-electron chi connectivity index (χ0n) is 9.49. The Labute approximate surface area is 96.9 Å². The highest BCUT2D eigenvalue weighted by molar-refractivity contribution is 5.90. The lowest BCUT2D eigenvalue weighted by atomic mass is 10.2. The maximum absolute atomic E-state index is 5.92. The van der Waals surface area contributed by atoms with Crippen LogP contribution in [0.15, 0.2) is 18.5 Å². The van der Waals surface area contributed by atoms with Crippen molar-refractivity contribution in [3.05, 3.63) is 24.2 Å². The number of pyridine rings is 1. The molecule has 86 valence electrons. The number of rotatable bonds is 1. The largest absolute Gasteiger partial charge is 0.398 e. The molecule has 0 fully saturated rings. The van der Waals surface area contributed by atoms with E-state index in [0.29, 0.717) is 17.2 Å². The first kappa shape index (κ1) is 9.76. The molecule has 0 aliphatic rings. The Morgan fingerprint density at radius 1 is 1.35 bits per heavy atom. The van der Waals surface area contributed by atoms with Crippen molar-refractivity contribution in [3.8, 4) is 5.82 Å².